The maximum Gasteiger partial charge on any atom is 0.336 e. The quantitative estimate of drug-likeness (QED) is 0.595. The lowest BCUT2D eigenvalue weighted by molar-refractivity contribution is -0.149. The van der Waals surface area contributed by atoms with Gasteiger partial charge in [0.2, 0.25) is 0 Å². The van der Waals surface area contributed by atoms with Crippen LogP contribution in [0.4, 0.5) is 0 Å². The Bertz CT molecular complexity index is 545. The largest absolute Gasteiger partial charge is 0.467 e. The van der Waals surface area contributed by atoms with E-state index in [2.05, 4.69) is 4.74 Å². The highest BCUT2D eigenvalue weighted by molar-refractivity contribution is 7.86. The normalized spacial score (nSPS) is 13.2. The molecule has 0 aromatic heterocycles. The Morgan fingerprint density at radius 3 is 2.20 bits per heavy atom. The Hall–Kier alpha value is -1.40. The first-order valence-electron chi connectivity index (χ1n) is 6.34. The summed E-state index contributed by atoms with van der Waals surface area (Å²) in [6.07, 6.45) is -0.844. The Balaban J connectivity index is 2.96. The van der Waals surface area contributed by atoms with Gasteiger partial charge in [-0.25, -0.2) is 4.79 Å². The van der Waals surface area contributed by atoms with Crippen molar-refractivity contribution in [3.05, 3.63) is 29.8 Å². The maximum absolute atomic E-state index is 12.1. The lowest BCUT2D eigenvalue weighted by Crippen LogP contribution is -2.30. The van der Waals surface area contributed by atoms with Crippen molar-refractivity contribution < 1.29 is 22.1 Å². The van der Waals surface area contributed by atoms with Crippen molar-refractivity contribution in [2.75, 3.05) is 7.11 Å². The van der Waals surface area contributed by atoms with Gasteiger partial charge in [0, 0.05) is 0 Å². The van der Waals surface area contributed by atoms with E-state index >= 15 is 0 Å². The highest BCUT2D eigenvalue weighted by Crippen LogP contribution is 2.19. The summed E-state index contributed by atoms with van der Waals surface area (Å²) in [5.41, 5.74) is 0.940. The first-order valence-corrected chi connectivity index (χ1v) is 7.75. The topological polar surface area (TPSA) is 69.7 Å². The van der Waals surface area contributed by atoms with E-state index in [1.54, 1.807) is 12.1 Å². The fraction of sp³-hybridized carbons (Fsp3) is 0.500. The summed E-state index contributed by atoms with van der Waals surface area (Å²) in [5, 5.41) is 0. The number of ether oxygens (including phenoxy) is 1. The predicted molar refractivity (Wildman–Crippen MR) is 74.7 cm³/mol. The summed E-state index contributed by atoms with van der Waals surface area (Å²) in [7, 11) is -2.77. The number of aryl methyl sites for hydroxylation is 1. The van der Waals surface area contributed by atoms with E-state index in [1.165, 1.54) is 19.2 Å². The average molecular weight is 300 g/mol. The first-order chi connectivity index (χ1) is 9.26. The molecule has 6 heteroatoms. The van der Waals surface area contributed by atoms with Crippen LogP contribution in [0.3, 0.4) is 0 Å². The zero-order chi connectivity index (χ0) is 15.3. The average Bonchev–Trinajstić information content (AvgIpc) is 2.36. The summed E-state index contributed by atoms with van der Waals surface area (Å²) < 4.78 is 33.9. The predicted octanol–water partition coefficient (Wildman–Crippen LogP) is 2.29. The first kappa shape index (κ1) is 16.7. The second kappa shape index (κ2) is 6.85. The van der Waals surface area contributed by atoms with Crippen LogP contribution in [-0.4, -0.2) is 27.6 Å². The summed E-state index contributed by atoms with van der Waals surface area (Å²) >= 11 is 0. The third kappa shape index (κ3) is 4.61. The monoisotopic (exact) mass is 300 g/mol. The molecule has 0 amide bonds. The highest BCUT2D eigenvalue weighted by Gasteiger charge is 2.28. The molecule has 1 aromatic rings. The van der Waals surface area contributed by atoms with Crippen LogP contribution in [-0.2, 0) is 23.8 Å². The molecule has 0 fully saturated rings. The van der Waals surface area contributed by atoms with Crippen LogP contribution < -0.4 is 0 Å². The molecule has 0 saturated heterocycles. The summed E-state index contributed by atoms with van der Waals surface area (Å²) in [6, 6.07) is 6.25. The van der Waals surface area contributed by atoms with Crippen LogP contribution >= 0.6 is 0 Å². The molecule has 1 rings (SSSR count). The van der Waals surface area contributed by atoms with E-state index in [0.29, 0.717) is 0 Å². The second-order valence-electron chi connectivity index (χ2n) is 5.00. The number of methoxy groups -OCH3 is 1. The van der Waals surface area contributed by atoms with E-state index in [9.17, 15) is 13.2 Å². The maximum atomic E-state index is 12.1. The van der Waals surface area contributed by atoms with Crippen molar-refractivity contribution in [1.29, 1.82) is 0 Å². The molecule has 1 unspecified atom stereocenters. The Morgan fingerprint density at radius 2 is 1.75 bits per heavy atom. The summed E-state index contributed by atoms with van der Waals surface area (Å²) in [6.45, 7) is 5.60. The van der Waals surface area contributed by atoms with Gasteiger partial charge in [-0.05, 0) is 31.4 Å². The van der Waals surface area contributed by atoms with E-state index in [-0.39, 0.29) is 17.2 Å². The van der Waals surface area contributed by atoms with Crippen LogP contribution in [0.1, 0.15) is 25.8 Å². The Labute approximate surface area is 120 Å². The number of rotatable bonds is 6. The number of hydrogen-bond donors (Lipinski definition) is 0. The van der Waals surface area contributed by atoms with Crippen LogP contribution in [0.15, 0.2) is 29.2 Å². The molecule has 0 aliphatic carbocycles. The smallest absolute Gasteiger partial charge is 0.336 e. The molecule has 0 N–H and O–H groups in total. The fourth-order valence-corrected chi connectivity index (χ4v) is 2.69. The lowest BCUT2D eigenvalue weighted by atomic mass is 10.1. The molecule has 0 aliphatic heterocycles. The molecule has 1 atom stereocenters. The van der Waals surface area contributed by atoms with Crippen LogP contribution in [0, 0.1) is 12.8 Å². The van der Waals surface area contributed by atoms with Crippen molar-refractivity contribution in [2.45, 2.75) is 38.2 Å². The van der Waals surface area contributed by atoms with Crippen molar-refractivity contribution in [2.24, 2.45) is 5.92 Å². The van der Waals surface area contributed by atoms with Crippen molar-refractivity contribution >= 4 is 16.1 Å². The van der Waals surface area contributed by atoms with Gasteiger partial charge in [0.15, 0.2) is 6.10 Å². The third-order valence-electron chi connectivity index (χ3n) is 2.70. The standard InChI is InChI=1S/C14H20O5S/c1-10(2)9-13(14(15)18-4)19-20(16,17)12-7-5-11(3)6-8-12/h5-8,10,13H,9H2,1-4H3. The minimum absolute atomic E-state index is 0.0285. The zero-order valence-electron chi connectivity index (χ0n) is 12.1. The van der Waals surface area contributed by atoms with Gasteiger partial charge in [0.05, 0.1) is 12.0 Å². The van der Waals surface area contributed by atoms with Gasteiger partial charge in [0.25, 0.3) is 10.1 Å². The van der Waals surface area contributed by atoms with Gasteiger partial charge in [-0.3, -0.25) is 4.18 Å². The van der Waals surface area contributed by atoms with E-state index < -0.39 is 22.2 Å². The number of carbonyl (C=O) groups is 1. The number of carbonyl (C=O) groups excluding carboxylic acids is 1. The molecule has 0 radical (unpaired) electrons. The van der Waals surface area contributed by atoms with Crippen LogP contribution in [0.2, 0.25) is 0 Å². The minimum Gasteiger partial charge on any atom is -0.467 e. The number of benzene rings is 1. The van der Waals surface area contributed by atoms with Gasteiger partial charge in [-0.15, -0.1) is 0 Å². The van der Waals surface area contributed by atoms with Gasteiger partial charge >= 0.3 is 5.97 Å². The van der Waals surface area contributed by atoms with Crippen molar-refractivity contribution in [3.8, 4) is 0 Å². The molecular formula is C14H20O5S. The molecule has 112 valence electrons. The van der Waals surface area contributed by atoms with Gasteiger partial charge in [-0.1, -0.05) is 31.5 Å². The number of hydrogen-bond acceptors (Lipinski definition) is 5. The summed E-state index contributed by atoms with van der Waals surface area (Å²) in [5.74, 6) is -0.582. The van der Waals surface area contributed by atoms with Crippen LogP contribution in [0.25, 0.3) is 0 Å². The van der Waals surface area contributed by atoms with Crippen molar-refractivity contribution in [1.82, 2.24) is 0 Å². The molecule has 1 aromatic carbocycles. The zero-order valence-corrected chi connectivity index (χ0v) is 12.9. The lowest BCUT2D eigenvalue weighted by Gasteiger charge is -2.17. The van der Waals surface area contributed by atoms with Crippen LogP contribution in [0.5, 0.6) is 0 Å². The SMILES string of the molecule is COC(=O)C(CC(C)C)OS(=O)(=O)c1ccc(C)cc1. The van der Waals surface area contributed by atoms with E-state index in [0.717, 1.165) is 5.56 Å². The number of esters is 1. The molecule has 0 bridgehead atoms. The fourth-order valence-electron chi connectivity index (χ4n) is 1.65. The van der Waals surface area contributed by atoms with Gasteiger partial charge < -0.3 is 4.74 Å². The minimum atomic E-state index is -3.98. The molecule has 20 heavy (non-hydrogen) atoms. The molecular weight excluding hydrogens is 280 g/mol. The third-order valence-corrected chi connectivity index (χ3v) is 4.04. The molecule has 0 saturated carbocycles. The second-order valence-corrected chi connectivity index (χ2v) is 6.58. The van der Waals surface area contributed by atoms with Gasteiger partial charge in [0.1, 0.15) is 0 Å². The summed E-state index contributed by atoms with van der Waals surface area (Å²) in [4.78, 5) is 11.6. The Morgan fingerprint density at radius 1 is 1.20 bits per heavy atom. The Kier molecular flexibility index (Phi) is 5.71. The van der Waals surface area contributed by atoms with E-state index in [1.807, 2.05) is 20.8 Å². The van der Waals surface area contributed by atoms with E-state index in [4.69, 9.17) is 4.18 Å². The molecule has 5 nitrogen and oxygen atoms in total. The molecule has 0 spiro atoms. The molecule has 0 heterocycles. The van der Waals surface area contributed by atoms with Gasteiger partial charge in [-0.2, -0.15) is 8.42 Å². The van der Waals surface area contributed by atoms with Crippen molar-refractivity contribution in [3.63, 3.8) is 0 Å². The molecule has 0 aliphatic rings. The highest BCUT2D eigenvalue weighted by atomic mass is 32.2.